The first-order valence-electron chi connectivity index (χ1n) is 11.0. The summed E-state index contributed by atoms with van der Waals surface area (Å²) < 4.78 is 4.84. The van der Waals surface area contributed by atoms with Crippen LogP contribution in [0.2, 0.25) is 10.0 Å². The summed E-state index contributed by atoms with van der Waals surface area (Å²) in [4.78, 5) is 41.8. The average molecular weight is 512 g/mol. The van der Waals surface area contributed by atoms with Crippen LogP contribution in [0.3, 0.4) is 0 Å². The maximum atomic E-state index is 13.0. The lowest BCUT2D eigenvalue weighted by molar-refractivity contribution is 0.0600. The van der Waals surface area contributed by atoms with Crippen LogP contribution < -0.4 is 10.2 Å². The Labute approximate surface area is 213 Å². The summed E-state index contributed by atoms with van der Waals surface area (Å²) in [5, 5.41) is 3.49. The highest BCUT2D eigenvalue weighted by Gasteiger charge is 2.25. The number of piperazine rings is 1. The van der Waals surface area contributed by atoms with E-state index in [1.807, 2.05) is 18.2 Å². The van der Waals surface area contributed by atoms with Gasteiger partial charge in [-0.05, 0) is 48.5 Å². The number of anilines is 2. The van der Waals surface area contributed by atoms with Crippen molar-refractivity contribution in [2.45, 2.75) is 0 Å². The maximum Gasteiger partial charge on any atom is 0.337 e. The number of carbonyl (C=O) groups is 3. The Morgan fingerprint density at radius 2 is 1.57 bits per heavy atom. The van der Waals surface area contributed by atoms with Gasteiger partial charge in [0, 0.05) is 36.8 Å². The van der Waals surface area contributed by atoms with Crippen LogP contribution >= 0.6 is 23.2 Å². The number of nitrogens with zero attached hydrogens (tertiary/aromatic N) is 2. The summed E-state index contributed by atoms with van der Waals surface area (Å²) in [5.41, 5.74) is 2.30. The average Bonchev–Trinajstić information content (AvgIpc) is 2.89. The first-order valence-corrected chi connectivity index (χ1v) is 11.7. The molecule has 0 aromatic heterocycles. The third-order valence-electron chi connectivity index (χ3n) is 5.77. The molecule has 1 N–H and O–H groups in total. The second-order valence-corrected chi connectivity index (χ2v) is 8.79. The van der Waals surface area contributed by atoms with E-state index in [2.05, 4.69) is 10.2 Å². The molecule has 1 saturated heterocycles. The molecular formula is C26H23Cl2N3O4. The van der Waals surface area contributed by atoms with Crippen molar-refractivity contribution < 1.29 is 19.1 Å². The number of hydrogen-bond donors (Lipinski definition) is 1. The topological polar surface area (TPSA) is 79.0 Å². The molecule has 0 aliphatic carbocycles. The van der Waals surface area contributed by atoms with Gasteiger partial charge >= 0.3 is 5.97 Å². The fourth-order valence-electron chi connectivity index (χ4n) is 3.93. The van der Waals surface area contributed by atoms with Crippen LogP contribution in [0.15, 0.2) is 66.7 Å². The van der Waals surface area contributed by atoms with Crippen molar-refractivity contribution in [1.82, 2.24) is 4.90 Å². The Bertz CT molecular complexity index is 1260. The van der Waals surface area contributed by atoms with Gasteiger partial charge < -0.3 is 19.9 Å². The molecule has 1 aliphatic rings. The summed E-state index contributed by atoms with van der Waals surface area (Å²) in [5.74, 6) is -1.000. The smallest absolute Gasteiger partial charge is 0.337 e. The minimum absolute atomic E-state index is 0.0181. The van der Waals surface area contributed by atoms with Crippen LogP contribution in [0.25, 0.3) is 0 Å². The number of carbonyl (C=O) groups excluding carboxylic acids is 3. The molecule has 9 heteroatoms. The van der Waals surface area contributed by atoms with Crippen molar-refractivity contribution in [3.05, 3.63) is 93.5 Å². The van der Waals surface area contributed by atoms with Gasteiger partial charge in [-0.25, -0.2) is 4.79 Å². The van der Waals surface area contributed by atoms with Crippen LogP contribution in [0, 0.1) is 0 Å². The van der Waals surface area contributed by atoms with Crippen molar-refractivity contribution in [1.29, 1.82) is 0 Å². The van der Waals surface area contributed by atoms with E-state index in [0.717, 1.165) is 5.69 Å². The standard InChI is InChI=1S/C26H23Cl2N3O4/c1-35-26(34)18-7-10-23(22(15-18)29-24(32)20-16-19(27)8-9-21(20)28)30-11-13-31(14-12-30)25(33)17-5-3-2-4-6-17/h2-10,15-16H,11-14H2,1H3,(H,29,32). The van der Waals surface area contributed by atoms with Gasteiger partial charge in [-0.1, -0.05) is 41.4 Å². The van der Waals surface area contributed by atoms with E-state index in [9.17, 15) is 14.4 Å². The van der Waals surface area contributed by atoms with Gasteiger partial charge in [-0.15, -0.1) is 0 Å². The van der Waals surface area contributed by atoms with Crippen molar-refractivity contribution in [2.24, 2.45) is 0 Å². The third kappa shape index (κ3) is 5.58. The number of esters is 1. The highest BCUT2D eigenvalue weighted by molar-refractivity contribution is 6.36. The number of methoxy groups -OCH3 is 1. The Balaban J connectivity index is 1.57. The van der Waals surface area contributed by atoms with Crippen LogP contribution in [0.1, 0.15) is 31.1 Å². The second-order valence-electron chi connectivity index (χ2n) is 7.95. The lowest BCUT2D eigenvalue weighted by Gasteiger charge is -2.37. The van der Waals surface area contributed by atoms with E-state index in [1.54, 1.807) is 47.4 Å². The van der Waals surface area contributed by atoms with Gasteiger partial charge in [-0.3, -0.25) is 9.59 Å². The molecule has 2 amide bonds. The maximum absolute atomic E-state index is 13.0. The first-order chi connectivity index (χ1) is 16.9. The van der Waals surface area contributed by atoms with Gasteiger partial charge in [0.2, 0.25) is 0 Å². The summed E-state index contributed by atoms with van der Waals surface area (Å²) in [6.07, 6.45) is 0. The molecule has 0 unspecified atom stereocenters. The third-order valence-corrected chi connectivity index (χ3v) is 6.33. The molecule has 35 heavy (non-hydrogen) atoms. The number of halogens is 2. The van der Waals surface area contributed by atoms with Crippen molar-refractivity contribution in [3.8, 4) is 0 Å². The van der Waals surface area contributed by atoms with Crippen LogP contribution in [0.5, 0.6) is 0 Å². The fraction of sp³-hybridized carbons (Fsp3) is 0.192. The lowest BCUT2D eigenvalue weighted by Crippen LogP contribution is -2.49. The number of nitrogens with one attached hydrogen (secondary N) is 1. The van der Waals surface area contributed by atoms with E-state index in [-0.39, 0.29) is 16.5 Å². The molecule has 180 valence electrons. The zero-order valence-electron chi connectivity index (χ0n) is 19.0. The number of amides is 2. The number of rotatable bonds is 5. The fourth-order valence-corrected chi connectivity index (χ4v) is 4.31. The van der Waals surface area contributed by atoms with E-state index in [4.69, 9.17) is 27.9 Å². The van der Waals surface area contributed by atoms with Gasteiger partial charge in [0.05, 0.1) is 34.6 Å². The van der Waals surface area contributed by atoms with Crippen LogP contribution in [-0.4, -0.2) is 56.0 Å². The molecule has 1 aliphatic heterocycles. The van der Waals surface area contributed by atoms with E-state index in [1.165, 1.54) is 13.2 Å². The van der Waals surface area contributed by atoms with Gasteiger partial charge in [0.15, 0.2) is 0 Å². The van der Waals surface area contributed by atoms with Crippen molar-refractivity contribution >= 4 is 52.4 Å². The molecule has 3 aromatic carbocycles. The molecular weight excluding hydrogens is 489 g/mol. The largest absolute Gasteiger partial charge is 0.465 e. The molecule has 0 atom stereocenters. The SMILES string of the molecule is COC(=O)c1ccc(N2CCN(C(=O)c3ccccc3)CC2)c(NC(=O)c2cc(Cl)ccc2Cl)c1. The normalized spacial score (nSPS) is 13.3. The molecule has 7 nitrogen and oxygen atoms in total. The highest BCUT2D eigenvalue weighted by Crippen LogP contribution is 2.30. The summed E-state index contributed by atoms with van der Waals surface area (Å²) >= 11 is 12.3. The Morgan fingerprint density at radius 1 is 0.857 bits per heavy atom. The Hall–Kier alpha value is -3.55. The molecule has 0 saturated carbocycles. The van der Waals surface area contributed by atoms with E-state index >= 15 is 0 Å². The molecule has 3 aromatic rings. The molecule has 1 heterocycles. The Kier molecular flexibility index (Phi) is 7.58. The molecule has 0 spiro atoms. The molecule has 0 bridgehead atoms. The minimum Gasteiger partial charge on any atom is -0.465 e. The lowest BCUT2D eigenvalue weighted by atomic mass is 10.1. The molecule has 4 rings (SSSR count). The second kappa shape index (κ2) is 10.8. The predicted molar refractivity (Wildman–Crippen MR) is 137 cm³/mol. The predicted octanol–water partition coefficient (Wildman–Crippen LogP) is 4.99. The monoisotopic (exact) mass is 511 g/mol. The quantitative estimate of drug-likeness (QED) is 0.488. The van der Waals surface area contributed by atoms with Crippen LogP contribution in [0.4, 0.5) is 11.4 Å². The Morgan fingerprint density at radius 3 is 2.26 bits per heavy atom. The van der Waals surface area contributed by atoms with Crippen molar-refractivity contribution in [2.75, 3.05) is 43.5 Å². The zero-order valence-corrected chi connectivity index (χ0v) is 20.5. The zero-order chi connectivity index (χ0) is 24.9. The summed E-state index contributed by atoms with van der Waals surface area (Å²) in [6.45, 7) is 2.13. The molecule has 0 radical (unpaired) electrons. The van der Waals surface area contributed by atoms with E-state index < -0.39 is 11.9 Å². The van der Waals surface area contributed by atoms with Crippen molar-refractivity contribution in [3.63, 3.8) is 0 Å². The summed E-state index contributed by atoms with van der Waals surface area (Å²) in [6, 6.07) is 18.8. The number of hydrogen-bond acceptors (Lipinski definition) is 5. The minimum atomic E-state index is -0.522. The van der Waals surface area contributed by atoms with Gasteiger partial charge in [0.1, 0.15) is 0 Å². The van der Waals surface area contributed by atoms with E-state index in [0.29, 0.717) is 48.0 Å². The highest BCUT2D eigenvalue weighted by atomic mass is 35.5. The van der Waals surface area contributed by atoms with Gasteiger partial charge in [-0.2, -0.15) is 0 Å². The van der Waals surface area contributed by atoms with Crippen LogP contribution in [-0.2, 0) is 4.74 Å². The number of benzene rings is 3. The molecule has 1 fully saturated rings. The van der Waals surface area contributed by atoms with Gasteiger partial charge in [0.25, 0.3) is 11.8 Å². The first kappa shape index (κ1) is 24.6. The number of ether oxygens (including phenoxy) is 1. The summed E-state index contributed by atoms with van der Waals surface area (Å²) in [7, 11) is 1.29.